The van der Waals surface area contributed by atoms with Gasteiger partial charge in [0.15, 0.2) is 9.84 Å². The van der Waals surface area contributed by atoms with Gasteiger partial charge < -0.3 is 14.4 Å². The van der Waals surface area contributed by atoms with Gasteiger partial charge in [0.25, 0.3) is 0 Å². The lowest BCUT2D eigenvalue weighted by atomic mass is 9.79. The van der Waals surface area contributed by atoms with Crippen LogP contribution < -0.4 is 4.74 Å². The van der Waals surface area contributed by atoms with Crippen LogP contribution in [0.5, 0.6) is 5.75 Å². The van der Waals surface area contributed by atoms with Gasteiger partial charge in [0.05, 0.1) is 23.3 Å². The molecule has 1 saturated heterocycles. The van der Waals surface area contributed by atoms with Crippen molar-refractivity contribution in [2.24, 2.45) is 10.8 Å². The molecule has 3 aromatic rings. The van der Waals surface area contributed by atoms with E-state index in [1.165, 1.54) is 24.1 Å². The zero-order valence-electron chi connectivity index (χ0n) is 21.8. The summed E-state index contributed by atoms with van der Waals surface area (Å²) in [5.74, 6) is -0.689. The summed E-state index contributed by atoms with van der Waals surface area (Å²) >= 11 is 0. The predicted molar refractivity (Wildman–Crippen MR) is 140 cm³/mol. The number of aryl methyl sites for hydroxylation is 1. The third-order valence-electron chi connectivity index (χ3n) is 6.51. The van der Waals surface area contributed by atoms with Crippen LogP contribution in [0.15, 0.2) is 59.5 Å². The molecule has 2 aromatic carbocycles. The fourth-order valence-electron chi connectivity index (χ4n) is 4.66. The number of hydrogen-bond acceptors (Lipinski definition) is 7. The zero-order valence-corrected chi connectivity index (χ0v) is 22.6. The Hall–Kier alpha value is -3.46. The van der Waals surface area contributed by atoms with E-state index in [9.17, 15) is 18.0 Å². The summed E-state index contributed by atoms with van der Waals surface area (Å²) in [4.78, 5) is 31.3. The molecule has 4 rings (SSSR count). The largest absolute Gasteiger partial charge is 0.489 e. The van der Waals surface area contributed by atoms with Crippen LogP contribution in [-0.4, -0.2) is 56.1 Å². The maximum atomic E-state index is 13.2. The van der Waals surface area contributed by atoms with Gasteiger partial charge >= 0.3 is 5.97 Å². The van der Waals surface area contributed by atoms with Gasteiger partial charge in [0, 0.05) is 35.1 Å². The number of hydrogen-bond donors (Lipinski definition) is 0. The Labute approximate surface area is 217 Å². The maximum absolute atomic E-state index is 13.2. The summed E-state index contributed by atoms with van der Waals surface area (Å²) in [6.45, 7) is 7.60. The number of likely N-dealkylation sites (tertiary alicyclic amines) is 1. The lowest BCUT2D eigenvalue weighted by Gasteiger charge is -2.49. The molecule has 1 aliphatic heterocycles. The molecular weight excluding hydrogens is 492 g/mol. The standard InChI is InChI=1S/C28H32N2O6S/c1-19-14-20(23-8-6-7-9-24(23)29-19)15-36-21-10-12-22(13-11-21)37(33,34)18-28(26(32)35-5)16-30(17-28)25(31)27(2,3)4/h6-14H,15-18H2,1-5H3. The average molecular weight is 525 g/mol. The highest BCUT2D eigenvalue weighted by molar-refractivity contribution is 7.91. The summed E-state index contributed by atoms with van der Waals surface area (Å²) in [7, 11) is -2.61. The van der Waals surface area contributed by atoms with Crippen LogP contribution in [0.1, 0.15) is 32.0 Å². The monoisotopic (exact) mass is 524 g/mol. The van der Waals surface area contributed by atoms with E-state index < -0.39 is 32.4 Å². The molecule has 1 fully saturated rings. The first-order chi connectivity index (χ1) is 17.3. The Morgan fingerprint density at radius 1 is 1.05 bits per heavy atom. The van der Waals surface area contributed by atoms with Crippen molar-refractivity contribution in [2.45, 2.75) is 39.2 Å². The van der Waals surface area contributed by atoms with Crippen molar-refractivity contribution < 1.29 is 27.5 Å². The first-order valence-electron chi connectivity index (χ1n) is 12.0. The third-order valence-corrected chi connectivity index (χ3v) is 8.43. The number of sulfone groups is 1. The quantitative estimate of drug-likeness (QED) is 0.431. The third kappa shape index (κ3) is 5.46. The zero-order chi connectivity index (χ0) is 27.0. The van der Waals surface area contributed by atoms with Gasteiger partial charge in [-0.15, -0.1) is 0 Å². The van der Waals surface area contributed by atoms with Crippen molar-refractivity contribution in [3.63, 3.8) is 0 Å². The highest BCUT2D eigenvalue weighted by Gasteiger charge is 2.55. The Balaban J connectivity index is 1.47. The molecule has 1 aliphatic rings. The smallest absolute Gasteiger partial charge is 0.316 e. The number of pyridine rings is 1. The number of fused-ring (bicyclic) bond motifs is 1. The van der Waals surface area contributed by atoms with Gasteiger partial charge in [0.1, 0.15) is 17.8 Å². The molecule has 0 N–H and O–H groups in total. The molecular formula is C28H32N2O6S. The minimum Gasteiger partial charge on any atom is -0.489 e. The molecule has 0 atom stereocenters. The molecule has 0 radical (unpaired) electrons. The Morgan fingerprint density at radius 2 is 1.70 bits per heavy atom. The summed E-state index contributed by atoms with van der Waals surface area (Å²) < 4.78 is 37.4. The average Bonchev–Trinajstić information content (AvgIpc) is 2.83. The van der Waals surface area contributed by atoms with Gasteiger partial charge in [-0.1, -0.05) is 39.0 Å². The highest BCUT2D eigenvalue weighted by Crippen LogP contribution is 2.38. The van der Waals surface area contributed by atoms with Crippen LogP contribution >= 0.6 is 0 Å². The molecule has 8 nitrogen and oxygen atoms in total. The van der Waals surface area contributed by atoms with Crippen LogP contribution in [0.25, 0.3) is 10.9 Å². The summed E-state index contributed by atoms with van der Waals surface area (Å²) in [6.07, 6.45) is 0. The number of methoxy groups -OCH3 is 1. The van der Waals surface area contributed by atoms with E-state index in [0.717, 1.165) is 22.2 Å². The number of aromatic nitrogens is 1. The molecule has 0 bridgehead atoms. The summed E-state index contributed by atoms with van der Waals surface area (Å²) in [5, 5.41) is 1.000. The second kappa shape index (κ2) is 9.78. The summed E-state index contributed by atoms with van der Waals surface area (Å²) in [5.41, 5.74) is 0.847. The number of para-hydroxylation sites is 1. The molecule has 9 heteroatoms. The van der Waals surface area contributed by atoms with Gasteiger partial charge in [-0.3, -0.25) is 14.6 Å². The highest BCUT2D eigenvalue weighted by atomic mass is 32.2. The molecule has 37 heavy (non-hydrogen) atoms. The topological polar surface area (TPSA) is 103 Å². The molecule has 1 aromatic heterocycles. The predicted octanol–water partition coefficient (Wildman–Crippen LogP) is 3.94. The van der Waals surface area contributed by atoms with E-state index in [1.807, 2.05) is 37.3 Å². The van der Waals surface area contributed by atoms with Crippen molar-refractivity contribution in [3.05, 3.63) is 65.9 Å². The van der Waals surface area contributed by atoms with E-state index in [0.29, 0.717) is 12.4 Å². The number of carbonyl (C=O) groups excluding carboxylic acids is 2. The second-order valence-corrected chi connectivity index (χ2v) is 12.6. The molecule has 0 aliphatic carbocycles. The lowest BCUT2D eigenvalue weighted by molar-refractivity contribution is -0.169. The van der Waals surface area contributed by atoms with Crippen LogP contribution in [0, 0.1) is 17.8 Å². The van der Waals surface area contributed by atoms with Crippen LogP contribution in [0.3, 0.4) is 0 Å². The number of esters is 1. The Bertz CT molecular complexity index is 1440. The number of ether oxygens (including phenoxy) is 2. The fourth-order valence-corrected chi connectivity index (χ4v) is 6.41. The Kier molecular flexibility index (Phi) is 7.03. The number of rotatable bonds is 7. The number of carbonyl (C=O) groups is 2. The van der Waals surface area contributed by atoms with E-state index >= 15 is 0 Å². The second-order valence-electron chi connectivity index (χ2n) is 10.6. The van der Waals surface area contributed by atoms with Crippen LogP contribution in [0.2, 0.25) is 0 Å². The molecule has 196 valence electrons. The minimum atomic E-state index is -3.84. The van der Waals surface area contributed by atoms with Crippen LogP contribution in [-0.2, 0) is 30.8 Å². The van der Waals surface area contributed by atoms with E-state index in [1.54, 1.807) is 32.9 Å². The van der Waals surface area contributed by atoms with Crippen molar-refractivity contribution in [1.29, 1.82) is 0 Å². The normalized spacial score (nSPS) is 15.2. The SMILES string of the molecule is COC(=O)C1(CS(=O)(=O)c2ccc(OCc3cc(C)nc4ccccc34)cc2)CN(C(=O)C(C)(C)C)C1. The molecule has 0 spiro atoms. The first-order valence-corrected chi connectivity index (χ1v) is 13.7. The molecule has 0 unspecified atom stereocenters. The maximum Gasteiger partial charge on any atom is 0.316 e. The van der Waals surface area contributed by atoms with Crippen molar-refractivity contribution in [3.8, 4) is 5.75 Å². The first kappa shape index (κ1) is 26.6. The van der Waals surface area contributed by atoms with E-state index in [-0.39, 0.29) is 23.9 Å². The van der Waals surface area contributed by atoms with Crippen molar-refractivity contribution >= 4 is 32.6 Å². The minimum absolute atomic E-state index is 0.00943. The van der Waals surface area contributed by atoms with Crippen molar-refractivity contribution in [1.82, 2.24) is 9.88 Å². The molecule has 0 saturated carbocycles. The van der Waals surface area contributed by atoms with Gasteiger partial charge in [0.2, 0.25) is 5.91 Å². The van der Waals surface area contributed by atoms with Crippen molar-refractivity contribution in [2.75, 3.05) is 26.0 Å². The van der Waals surface area contributed by atoms with E-state index in [2.05, 4.69) is 4.98 Å². The number of benzene rings is 2. The van der Waals surface area contributed by atoms with Gasteiger partial charge in [-0.05, 0) is 43.3 Å². The molecule has 1 amide bonds. The van der Waals surface area contributed by atoms with Gasteiger partial charge in [-0.2, -0.15) is 0 Å². The Morgan fingerprint density at radius 3 is 2.32 bits per heavy atom. The number of amides is 1. The fraction of sp³-hybridized carbons (Fsp3) is 0.393. The molecule has 2 heterocycles. The van der Waals surface area contributed by atoms with E-state index in [4.69, 9.17) is 9.47 Å². The lowest BCUT2D eigenvalue weighted by Crippen LogP contribution is -2.66. The number of nitrogens with zero attached hydrogens (tertiary/aromatic N) is 2. The van der Waals surface area contributed by atoms with Crippen LogP contribution in [0.4, 0.5) is 0 Å². The summed E-state index contributed by atoms with van der Waals surface area (Å²) in [6, 6.07) is 16.0. The van der Waals surface area contributed by atoms with Gasteiger partial charge in [-0.25, -0.2) is 8.42 Å².